The number of aryl methyl sites for hydroxylation is 2. The van der Waals surface area contributed by atoms with Gasteiger partial charge in [0.15, 0.2) is 0 Å². The van der Waals surface area contributed by atoms with Crippen molar-refractivity contribution in [2.75, 3.05) is 5.32 Å². The number of anilines is 1. The zero-order valence-corrected chi connectivity index (χ0v) is 16.9. The van der Waals surface area contributed by atoms with Crippen LogP contribution >= 0.6 is 46.3 Å². The molecule has 0 fully saturated rings. The number of hydrogen-bond donors (Lipinski definition) is 1. The molecule has 130 valence electrons. The third-order valence-electron chi connectivity index (χ3n) is 3.72. The Morgan fingerprint density at radius 3 is 2.56 bits per heavy atom. The molecule has 1 unspecified atom stereocenters. The molecule has 1 amide bonds. The van der Waals surface area contributed by atoms with Crippen molar-refractivity contribution in [3.63, 3.8) is 0 Å². The van der Waals surface area contributed by atoms with E-state index in [4.69, 9.17) is 23.2 Å². The van der Waals surface area contributed by atoms with Crippen LogP contribution in [0.25, 0.3) is 10.2 Å². The number of benzene rings is 1. The first-order valence-corrected chi connectivity index (χ1v) is 9.94. The van der Waals surface area contributed by atoms with Gasteiger partial charge in [0, 0.05) is 26.0 Å². The minimum atomic E-state index is -0.338. The van der Waals surface area contributed by atoms with Gasteiger partial charge in [-0.2, -0.15) is 0 Å². The van der Waals surface area contributed by atoms with Crippen molar-refractivity contribution in [2.45, 2.75) is 31.0 Å². The van der Waals surface area contributed by atoms with E-state index in [2.05, 4.69) is 29.1 Å². The number of aromatic nitrogens is 2. The van der Waals surface area contributed by atoms with E-state index in [1.807, 2.05) is 6.92 Å². The van der Waals surface area contributed by atoms with Gasteiger partial charge in [0.1, 0.15) is 16.2 Å². The van der Waals surface area contributed by atoms with Gasteiger partial charge >= 0.3 is 0 Å². The van der Waals surface area contributed by atoms with Crippen LogP contribution in [0.15, 0.2) is 29.6 Å². The number of fused-ring (bicyclic) bond motifs is 1. The first-order valence-electron chi connectivity index (χ1n) is 7.49. The monoisotopic (exact) mass is 411 g/mol. The highest BCUT2D eigenvalue weighted by atomic mass is 35.5. The van der Waals surface area contributed by atoms with Crippen LogP contribution in [0.5, 0.6) is 0 Å². The minimum absolute atomic E-state index is 0.139. The molecule has 1 atom stereocenters. The Balaban J connectivity index is 1.80. The topological polar surface area (TPSA) is 54.9 Å². The second-order valence-electron chi connectivity index (χ2n) is 5.55. The third-order valence-corrected chi connectivity index (χ3v) is 6.37. The first-order chi connectivity index (χ1) is 11.8. The minimum Gasteiger partial charge on any atom is -0.325 e. The van der Waals surface area contributed by atoms with E-state index in [1.165, 1.54) is 16.6 Å². The lowest BCUT2D eigenvalue weighted by molar-refractivity contribution is -0.115. The molecule has 0 bridgehead atoms. The van der Waals surface area contributed by atoms with Gasteiger partial charge < -0.3 is 5.32 Å². The van der Waals surface area contributed by atoms with Gasteiger partial charge in [0.25, 0.3) is 0 Å². The summed E-state index contributed by atoms with van der Waals surface area (Å²) in [5, 5.41) is 5.30. The van der Waals surface area contributed by atoms with Crippen LogP contribution < -0.4 is 5.32 Å². The molecule has 2 aromatic heterocycles. The van der Waals surface area contributed by atoms with E-state index >= 15 is 0 Å². The molecule has 0 saturated heterocycles. The summed E-state index contributed by atoms with van der Waals surface area (Å²) in [5.41, 5.74) is 1.74. The summed E-state index contributed by atoms with van der Waals surface area (Å²) >= 11 is 15.0. The fraction of sp³-hybridized carbons (Fsp3) is 0.235. The Kier molecular flexibility index (Phi) is 5.53. The molecule has 0 aliphatic rings. The SMILES string of the molecule is Cc1sc2ncnc(SC(C)C(=O)Nc3cc(Cl)cc(Cl)c3)c2c1C. The number of halogens is 2. The number of carbonyl (C=O) groups excluding carboxylic acids is 1. The normalized spacial score (nSPS) is 12.4. The molecule has 3 aromatic rings. The number of carbonyl (C=O) groups is 1. The predicted molar refractivity (Wildman–Crippen MR) is 107 cm³/mol. The van der Waals surface area contributed by atoms with Crippen molar-refractivity contribution in [3.8, 4) is 0 Å². The zero-order valence-electron chi connectivity index (χ0n) is 13.8. The molecule has 8 heteroatoms. The molecule has 0 saturated carbocycles. The Morgan fingerprint density at radius 2 is 1.88 bits per heavy atom. The standard InChI is InChI=1S/C17H15Cl2N3OS2/c1-8-9(2)24-16-14(8)17(21-7-20-16)25-10(3)15(23)22-13-5-11(18)4-12(19)6-13/h4-7,10H,1-3H3,(H,22,23). The fourth-order valence-electron chi connectivity index (χ4n) is 2.33. The van der Waals surface area contributed by atoms with Crippen molar-refractivity contribution in [1.29, 1.82) is 0 Å². The molecular weight excluding hydrogens is 397 g/mol. The highest BCUT2D eigenvalue weighted by Crippen LogP contribution is 2.36. The fourth-order valence-corrected chi connectivity index (χ4v) is 4.89. The van der Waals surface area contributed by atoms with Crippen LogP contribution in [-0.4, -0.2) is 21.1 Å². The number of nitrogens with one attached hydrogen (secondary N) is 1. The summed E-state index contributed by atoms with van der Waals surface area (Å²) in [7, 11) is 0. The summed E-state index contributed by atoms with van der Waals surface area (Å²) in [4.78, 5) is 23.4. The lowest BCUT2D eigenvalue weighted by atomic mass is 10.2. The van der Waals surface area contributed by atoms with E-state index in [-0.39, 0.29) is 11.2 Å². The molecule has 2 heterocycles. The average Bonchev–Trinajstić information content (AvgIpc) is 2.82. The summed E-state index contributed by atoms with van der Waals surface area (Å²) in [6, 6.07) is 4.95. The molecule has 0 radical (unpaired) electrons. The largest absolute Gasteiger partial charge is 0.325 e. The van der Waals surface area contributed by atoms with Gasteiger partial charge in [0.05, 0.1) is 5.25 Å². The summed E-state index contributed by atoms with van der Waals surface area (Å²) in [6.07, 6.45) is 1.54. The maximum Gasteiger partial charge on any atom is 0.237 e. The van der Waals surface area contributed by atoms with Crippen LogP contribution in [0.1, 0.15) is 17.4 Å². The van der Waals surface area contributed by atoms with Crippen LogP contribution in [0.2, 0.25) is 10.0 Å². The molecule has 25 heavy (non-hydrogen) atoms. The van der Waals surface area contributed by atoms with E-state index in [9.17, 15) is 4.79 Å². The lowest BCUT2D eigenvalue weighted by Crippen LogP contribution is -2.22. The van der Waals surface area contributed by atoms with Crippen molar-refractivity contribution in [1.82, 2.24) is 9.97 Å². The van der Waals surface area contributed by atoms with Gasteiger partial charge in [0.2, 0.25) is 5.91 Å². The molecule has 1 aromatic carbocycles. The summed E-state index contributed by atoms with van der Waals surface area (Å²) in [5.74, 6) is -0.139. The second-order valence-corrected chi connectivity index (χ2v) is 8.96. The maximum atomic E-state index is 12.5. The molecule has 0 aliphatic heterocycles. The number of thioether (sulfide) groups is 1. The van der Waals surface area contributed by atoms with Gasteiger partial charge in [-0.05, 0) is 44.5 Å². The molecule has 4 nitrogen and oxygen atoms in total. The number of rotatable bonds is 4. The van der Waals surface area contributed by atoms with Gasteiger partial charge in [-0.3, -0.25) is 4.79 Å². The van der Waals surface area contributed by atoms with Crippen molar-refractivity contribution in [3.05, 3.63) is 45.0 Å². The predicted octanol–water partition coefficient (Wildman–Crippen LogP) is 5.73. The Bertz CT molecular complexity index is 938. The van der Waals surface area contributed by atoms with E-state index in [0.29, 0.717) is 15.7 Å². The number of nitrogens with zero attached hydrogens (tertiary/aromatic N) is 2. The van der Waals surface area contributed by atoms with E-state index < -0.39 is 0 Å². The second kappa shape index (κ2) is 7.50. The zero-order chi connectivity index (χ0) is 18.1. The number of amides is 1. The smallest absolute Gasteiger partial charge is 0.237 e. The lowest BCUT2D eigenvalue weighted by Gasteiger charge is -2.12. The Labute approximate surface area is 164 Å². The average molecular weight is 412 g/mol. The van der Waals surface area contributed by atoms with E-state index in [1.54, 1.807) is 35.9 Å². The van der Waals surface area contributed by atoms with Crippen molar-refractivity contribution in [2.24, 2.45) is 0 Å². The molecule has 3 rings (SSSR count). The molecular formula is C17H15Cl2N3OS2. The molecule has 0 spiro atoms. The van der Waals surface area contributed by atoms with Gasteiger partial charge in [-0.15, -0.1) is 11.3 Å². The molecule has 1 N–H and O–H groups in total. The summed E-state index contributed by atoms with van der Waals surface area (Å²) < 4.78 is 0. The van der Waals surface area contributed by atoms with Crippen LogP contribution in [0.3, 0.4) is 0 Å². The van der Waals surface area contributed by atoms with Gasteiger partial charge in [-0.25, -0.2) is 9.97 Å². The van der Waals surface area contributed by atoms with Crippen LogP contribution in [0.4, 0.5) is 5.69 Å². The molecule has 0 aliphatic carbocycles. The Morgan fingerprint density at radius 1 is 1.20 bits per heavy atom. The number of thiophene rings is 1. The van der Waals surface area contributed by atoms with Crippen molar-refractivity contribution < 1.29 is 4.79 Å². The maximum absolute atomic E-state index is 12.5. The van der Waals surface area contributed by atoms with Crippen LogP contribution in [-0.2, 0) is 4.79 Å². The third kappa shape index (κ3) is 4.08. The Hall–Kier alpha value is -1.34. The summed E-state index contributed by atoms with van der Waals surface area (Å²) in [6.45, 7) is 5.96. The highest BCUT2D eigenvalue weighted by Gasteiger charge is 2.19. The van der Waals surface area contributed by atoms with Crippen LogP contribution in [0, 0.1) is 13.8 Å². The quantitative estimate of drug-likeness (QED) is 0.439. The first kappa shape index (κ1) is 18.5. The number of hydrogen-bond acceptors (Lipinski definition) is 5. The van der Waals surface area contributed by atoms with E-state index in [0.717, 1.165) is 20.8 Å². The highest BCUT2D eigenvalue weighted by molar-refractivity contribution is 8.00. The van der Waals surface area contributed by atoms with Gasteiger partial charge in [-0.1, -0.05) is 35.0 Å². The van der Waals surface area contributed by atoms with Crippen molar-refractivity contribution >= 4 is 68.1 Å².